The van der Waals surface area contributed by atoms with Crippen molar-refractivity contribution in [2.75, 3.05) is 20.1 Å². The zero-order valence-corrected chi connectivity index (χ0v) is 13.9. The predicted octanol–water partition coefficient (Wildman–Crippen LogP) is 1.90. The van der Waals surface area contributed by atoms with Gasteiger partial charge in [-0.05, 0) is 64.3 Å². The van der Waals surface area contributed by atoms with Crippen LogP contribution in [0.4, 0.5) is 0 Å². The summed E-state index contributed by atoms with van der Waals surface area (Å²) in [6.45, 7) is 1.93. The number of piperidine rings is 1. The summed E-state index contributed by atoms with van der Waals surface area (Å²) in [6, 6.07) is 1.07. The lowest BCUT2D eigenvalue weighted by molar-refractivity contribution is -0.126. The molecule has 0 aromatic rings. The largest absolute Gasteiger partial charge is 0.352 e. The molecule has 2 heterocycles. The van der Waals surface area contributed by atoms with Crippen LogP contribution < -0.4 is 10.6 Å². The van der Waals surface area contributed by atoms with Crippen LogP contribution in [-0.4, -0.2) is 48.6 Å². The highest BCUT2D eigenvalue weighted by atomic mass is 16.2. The molecule has 1 amide bonds. The van der Waals surface area contributed by atoms with E-state index in [1.54, 1.807) is 0 Å². The van der Waals surface area contributed by atoms with Gasteiger partial charge in [0.1, 0.15) is 0 Å². The minimum Gasteiger partial charge on any atom is -0.352 e. The zero-order valence-electron chi connectivity index (χ0n) is 13.9. The first-order chi connectivity index (χ1) is 10.7. The number of hydrogen-bond acceptors (Lipinski definition) is 3. The van der Waals surface area contributed by atoms with E-state index in [1.807, 2.05) is 0 Å². The Kier molecular flexibility index (Phi) is 3.93. The molecule has 3 atom stereocenters. The van der Waals surface area contributed by atoms with Crippen LogP contribution in [0, 0.1) is 11.8 Å². The topological polar surface area (TPSA) is 44.4 Å². The molecule has 124 valence electrons. The molecule has 4 aliphatic rings. The van der Waals surface area contributed by atoms with Crippen LogP contribution in [0.25, 0.3) is 0 Å². The van der Waals surface area contributed by atoms with Gasteiger partial charge >= 0.3 is 0 Å². The van der Waals surface area contributed by atoms with Gasteiger partial charge in [-0.1, -0.05) is 6.42 Å². The highest BCUT2D eigenvalue weighted by molar-refractivity contribution is 5.79. The number of nitrogens with one attached hydrogen (secondary N) is 2. The number of rotatable bonds is 3. The molecule has 4 fully saturated rings. The van der Waals surface area contributed by atoms with Crippen molar-refractivity contribution in [2.45, 2.75) is 75.4 Å². The van der Waals surface area contributed by atoms with Crippen LogP contribution in [0.15, 0.2) is 0 Å². The maximum absolute atomic E-state index is 12.6. The molecular formula is C18H31N3O. The number of nitrogens with zero attached hydrogens (tertiary/aromatic N) is 1. The Morgan fingerprint density at radius 3 is 2.50 bits per heavy atom. The maximum Gasteiger partial charge on any atom is 0.224 e. The number of hydrogen-bond donors (Lipinski definition) is 2. The molecule has 22 heavy (non-hydrogen) atoms. The summed E-state index contributed by atoms with van der Waals surface area (Å²) in [5.41, 5.74) is 0.429. The van der Waals surface area contributed by atoms with Gasteiger partial charge in [0.05, 0.1) is 5.92 Å². The summed E-state index contributed by atoms with van der Waals surface area (Å²) < 4.78 is 0. The van der Waals surface area contributed by atoms with Gasteiger partial charge in [-0.3, -0.25) is 9.69 Å². The summed E-state index contributed by atoms with van der Waals surface area (Å²) in [6.07, 6.45) is 11.6. The Balaban J connectivity index is 1.25. The van der Waals surface area contributed by atoms with Crippen molar-refractivity contribution in [3.8, 4) is 0 Å². The SMILES string of the molecule is CN1CC(NC(=O)[C@@H]2CC[C@@H](C3CCC3)NC2)CC12CCC2. The second-order valence-electron chi connectivity index (χ2n) is 8.35. The molecular weight excluding hydrogens is 274 g/mol. The summed E-state index contributed by atoms with van der Waals surface area (Å²) >= 11 is 0. The third kappa shape index (κ3) is 2.58. The molecule has 2 N–H and O–H groups in total. The maximum atomic E-state index is 12.6. The van der Waals surface area contributed by atoms with Gasteiger partial charge < -0.3 is 10.6 Å². The van der Waals surface area contributed by atoms with E-state index >= 15 is 0 Å². The number of amides is 1. The fourth-order valence-electron chi connectivity index (χ4n) is 5.14. The number of carbonyl (C=O) groups is 1. The quantitative estimate of drug-likeness (QED) is 0.837. The molecule has 4 rings (SSSR count). The lowest BCUT2D eigenvalue weighted by atomic mass is 9.74. The Bertz CT molecular complexity index is 422. The lowest BCUT2D eigenvalue weighted by Gasteiger charge is -2.44. The van der Waals surface area contributed by atoms with Gasteiger partial charge in [0.2, 0.25) is 5.91 Å². The van der Waals surface area contributed by atoms with E-state index in [9.17, 15) is 4.79 Å². The van der Waals surface area contributed by atoms with E-state index in [0.29, 0.717) is 23.5 Å². The molecule has 1 unspecified atom stereocenters. The monoisotopic (exact) mass is 305 g/mol. The summed E-state index contributed by atoms with van der Waals surface area (Å²) in [5.74, 6) is 1.39. The summed E-state index contributed by atoms with van der Waals surface area (Å²) in [5, 5.41) is 7.01. The van der Waals surface area contributed by atoms with E-state index < -0.39 is 0 Å². The number of likely N-dealkylation sites (N-methyl/N-ethyl adjacent to an activating group) is 1. The van der Waals surface area contributed by atoms with Crippen LogP contribution in [0.3, 0.4) is 0 Å². The molecule has 1 spiro atoms. The van der Waals surface area contributed by atoms with Gasteiger partial charge in [0.15, 0.2) is 0 Å². The zero-order chi connectivity index (χ0) is 15.2. The molecule has 4 heteroatoms. The third-order valence-electron chi connectivity index (χ3n) is 7.10. The van der Waals surface area contributed by atoms with Crippen LogP contribution in [0.2, 0.25) is 0 Å². The van der Waals surface area contributed by atoms with Gasteiger partial charge in [0.25, 0.3) is 0 Å². The van der Waals surface area contributed by atoms with Crippen molar-refractivity contribution in [3.05, 3.63) is 0 Å². The average molecular weight is 305 g/mol. The van der Waals surface area contributed by atoms with Gasteiger partial charge in [-0.2, -0.15) is 0 Å². The Labute approximate surface area is 134 Å². The van der Waals surface area contributed by atoms with Crippen LogP contribution >= 0.6 is 0 Å². The second kappa shape index (κ2) is 5.79. The highest BCUT2D eigenvalue weighted by Gasteiger charge is 2.48. The molecule has 0 bridgehead atoms. The fraction of sp³-hybridized carbons (Fsp3) is 0.944. The minimum absolute atomic E-state index is 0.194. The van der Waals surface area contributed by atoms with E-state index in [-0.39, 0.29) is 5.92 Å². The standard InChI is InChI=1S/C18H31N3O/c1-21-12-15(10-18(21)8-3-9-18)20-17(22)14-6-7-16(19-11-14)13-4-2-5-13/h13-16,19H,2-12H2,1H3,(H,20,22)/t14-,15?,16+/m1/s1. The highest BCUT2D eigenvalue weighted by Crippen LogP contribution is 2.44. The van der Waals surface area contributed by atoms with E-state index in [0.717, 1.165) is 25.4 Å². The first-order valence-corrected chi connectivity index (χ1v) is 9.41. The van der Waals surface area contributed by atoms with Gasteiger partial charge in [-0.25, -0.2) is 0 Å². The first kappa shape index (κ1) is 14.9. The van der Waals surface area contributed by atoms with E-state index in [1.165, 1.54) is 51.4 Å². The lowest BCUT2D eigenvalue weighted by Crippen LogP contribution is -2.50. The van der Waals surface area contributed by atoms with Crippen molar-refractivity contribution in [1.82, 2.24) is 15.5 Å². The van der Waals surface area contributed by atoms with E-state index in [4.69, 9.17) is 0 Å². The summed E-state index contributed by atoms with van der Waals surface area (Å²) in [7, 11) is 2.23. The van der Waals surface area contributed by atoms with Crippen molar-refractivity contribution < 1.29 is 4.79 Å². The number of carbonyl (C=O) groups excluding carboxylic acids is 1. The van der Waals surface area contributed by atoms with E-state index in [2.05, 4.69) is 22.6 Å². The molecule has 2 aliphatic carbocycles. The van der Waals surface area contributed by atoms with Crippen molar-refractivity contribution in [2.24, 2.45) is 11.8 Å². The Morgan fingerprint density at radius 2 is 2.00 bits per heavy atom. The van der Waals surface area contributed by atoms with Crippen molar-refractivity contribution in [1.29, 1.82) is 0 Å². The number of likely N-dealkylation sites (tertiary alicyclic amines) is 1. The summed E-state index contributed by atoms with van der Waals surface area (Å²) in [4.78, 5) is 15.1. The van der Waals surface area contributed by atoms with Crippen LogP contribution in [0.5, 0.6) is 0 Å². The van der Waals surface area contributed by atoms with Crippen LogP contribution in [-0.2, 0) is 4.79 Å². The van der Waals surface area contributed by atoms with Gasteiger partial charge in [0, 0.05) is 30.7 Å². The normalized spacial score (nSPS) is 38.5. The molecule has 2 saturated heterocycles. The molecule has 2 aliphatic heterocycles. The predicted molar refractivity (Wildman–Crippen MR) is 87.6 cm³/mol. The molecule has 4 nitrogen and oxygen atoms in total. The fourth-order valence-corrected chi connectivity index (χ4v) is 5.14. The second-order valence-corrected chi connectivity index (χ2v) is 8.35. The third-order valence-corrected chi connectivity index (χ3v) is 7.10. The molecule has 0 aromatic heterocycles. The van der Waals surface area contributed by atoms with Gasteiger partial charge in [-0.15, -0.1) is 0 Å². The van der Waals surface area contributed by atoms with Crippen LogP contribution in [0.1, 0.15) is 57.8 Å². The molecule has 0 radical (unpaired) electrons. The first-order valence-electron chi connectivity index (χ1n) is 9.41. The minimum atomic E-state index is 0.194. The Hall–Kier alpha value is -0.610. The average Bonchev–Trinajstić information content (AvgIpc) is 2.74. The molecule has 0 aromatic carbocycles. The smallest absolute Gasteiger partial charge is 0.224 e. The van der Waals surface area contributed by atoms with Crippen molar-refractivity contribution in [3.63, 3.8) is 0 Å². The Morgan fingerprint density at radius 1 is 1.18 bits per heavy atom. The van der Waals surface area contributed by atoms with Crippen molar-refractivity contribution >= 4 is 5.91 Å². The molecule has 2 saturated carbocycles.